The van der Waals surface area contributed by atoms with Crippen molar-refractivity contribution in [2.75, 3.05) is 0 Å². The van der Waals surface area contributed by atoms with Gasteiger partial charge in [0.05, 0.1) is 0 Å². The maximum atomic E-state index is 2.51. The molecule has 2 unspecified atom stereocenters. The van der Waals surface area contributed by atoms with Crippen molar-refractivity contribution in [2.24, 2.45) is 17.3 Å². The molecule has 0 nitrogen and oxygen atoms in total. The van der Waals surface area contributed by atoms with Crippen molar-refractivity contribution in [3.05, 3.63) is 54.1 Å². The molecule has 2 atom stereocenters. The minimum absolute atomic E-state index is 0.501. The van der Waals surface area contributed by atoms with E-state index in [1.54, 1.807) is 5.57 Å². The number of hydrogen-bond donors (Lipinski definition) is 0. The topological polar surface area (TPSA) is 0 Å². The Morgan fingerprint density at radius 2 is 1.79 bits per heavy atom. The lowest BCUT2D eigenvalue weighted by atomic mass is 9.48. The highest BCUT2D eigenvalue weighted by Gasteiger charge is 2.51. The van der Waals surface area contributed by atoms with Crippen molar-refractivity contribution in [1.82, 2.24) is 0 Å². The van der Waals surface area contributed by atoms with Gasteiger partial charge in [-0.2, -0.15) is 0 Å². The van der Waals surface area contributed by atoms with Crippen molar-refractivity contribution in [3.8, 4) is 0 Å². The highest BCUT2D eigenvalue weighted by molar-refractivity contribution is 5.94. The van der Waals surface area contributed by atoms with Crippen LogP contribution in [0.2, 0.25) is 0 Å². The summed E-state index contributed by atoms with van der Waals surface area (Å²) in [6.07, 6.45) is 5.16. The van der Waals surface area contributed by atoms with Crippen LogP contribution in [0.4, 0.5) is 0 Å². The fourth-order valence-corrected chi connectivity index (χ4v) is 4.13. The zero-order valence-corrected chi connectivity index (χ0v) is 11.7. The maximum Gasteiger partial charge on any atom is -0.0102 e. The Morgan fingerprint density at radius 1 is 1.00 bits per heavy atom. The van der Waals surface area contributed by atoms with Crippen LogP contribution in [-0.4, -0.2) is 0 Å². The van der Waals surface area contributed by atoms with E-state index in [-0.39, 0.29) is 0 Å². The van der Waals surface area contributed by atoms with Gasteiger partial charge in [-0.05, 0) is 52.0 Å². The van der Waals surface area contributed by atoms with Crippen LogP contribution in [0.5, 0.6) is 0 Å². The Morgan fingerprint density at radius 3 is 2.58 bits per heavy atom. The van der Waals surface area contributed by atoms with Crippen LogP contribution in [0.1, 0.15) is 32.3 Å². The normalized spacial score (nSPS) is 27.8. The molecule has 19 heavy (non-hydrogen) atoms. The van der Waals surface area contributed by atoms with Gasteiger partial charge < -0.3 is 0 Å². The van der Waals surface area contributed by atoms with Crippen molar-refractivity contribution in [1.29, 1.82) is 0 Å². The zero-order valence-electron chi connectivity index (χ0n) is 11.7. The van der Waals surface area contributed by atoms with E-state index in [1.165, 1.54) is 29.2 Å². The second-order valence-corrected chi connectivity index (χ2v) is 6.73. The van der Waals surface area contributed by atoms with Gasteiger partial charge in [-0.15, -0.1) is 0 Å². The lowest BCUT2D eigenvalue weighted by Gasteiger charge is -2.56. The predicted molar refractivity (Wildman–Crippen MR) is 81.9 cm³/mol. The molecule has 0 aliphatic heterocycles. The number of benzene rings is 2. The molecule has 1 saturated carbocycles. The molecule has 3 aliphatic rings. The first kappa shape index (κ1) is 11.3. The molecule has 0 heteroatoms. The maximum absolute atomic E-state index is 2.51. The second-order valence-electron chi connectivity index (χ2n) is 6.73. The molecule has 5 rings (SSSR count). The molecule has 2 aromatic carbocycles. The van der Waals surface area contributed by atoms with Crippen LogP contribution in [-0.2, 0) is 0 Å². The van der Waals surface area contributed by atoms with Crippen LogP contribution >= 0.6 is 0 Å². The van der Waals surface area contributed by atoms with Crippen molar-refractivity contribution < 1.29 is 0 Å². The van der Waals surface area contributed by atoms with Crippen LogP contribution in [0, 0.1) is 17.3 Å². The van der Waals surface area contributed by atoms with E-state index in [4.69, 9.17) is 0 Å². The number of rotatable bonds is 1. The third-order valence-electron chi connectivity index (χ3n) is 5.57. The van der Waals surface area contributed by atoms with Gasteiger partial charge in [0.1, 0.15) is 0 Å². The van der Waals surface area contributed by atoms with Crippen LogP contribution in [0.15, 0.2) is 48.5 Å². The SMILES string of the molecule is CC1(C)C2CC=C(c3cccc4ccccc34)C1C2. The lowest BCUT2D eigenvalue weighted by molar-refractivity contribution is 0.0114. The number of fused-ring (bicyclic) bond motifs is 2. The van der Waals surface area contributed by atoms with Crippen molar-refractivity contribution >= 4 is 16.3 Å². The van der Waals surface area contributed by atoms with Gasteiger partial charge in [-0.25, -0.2) is 0 Å². The highest BCUT2D eigenvalue weighted by Crippen LogP contribution is 2.61. The first-order chi connectivity index (χ1) is 9.18. The quantitative estimate of drug-likeness (QED) is 0.643. The second kappa shape index (κ2) is 3.72. The van der Waals surface area contributed by atoms with E-state index in [0.717, 1.165) is 11.8 Å². The molecule has 0 heterocycles. The number of allylic oxidation sites excluding steroid dienone is 2. The lowest BCUT2D eigenvalue weighted by Crippen LogP contribution is -2.47. The molecule has 0 aromatic heterocycles. The molecule has 0 amide bonds. The van der Waals surface area contributed by atoms with Crippen molar-refractivity contribution in [3.63, 3.8) is 0 Å². The van der Waals surface area contributed by atoms with Crippen LogP contribution in [0.25, 0.3) is 16.3 Å². The van der Waals surface area contributed by atoms with Gasteiger partial charge in [0, 0.05) is 0 Å². The van der Waals surface area contributed by atoms with Crippen LogP contribution in [0.3, 0.4) is 0 Å². The minimum Gasteiger partial charge on any atom is -0.0801 e. The standard InChI is InChI=1S/C19H20/c1-19(2)14-10-11-17(18(19)12-14)16-9-5-7-13-6-3-4-8-15(13)16/h3-9,11,14,18H,10,12H2,1-2H3. The fourth-order valence-electron chi connectivity index (χ4n) is 4.13. The molecule has 2 aromatic rings. The summed E-state index contributed by atoms with van der Waals surface area (Å²) in [5, 5.41) is 2.78. The monoisotopic (exact) mass is 248 g/mol. The largest absolute Gasteiger partial charge is 0.0801 e. The average Bonchev–Trinajstić information content (AvgIpc) is 2.46. The minimum atomic E-state index is 0.501. The van der Waals surface area contributed by atoms with Crippen LogP contribution < -0.4 is 0 Å². The van der Waals surface area contributed by atoms with E-state index in [1.807, 2.05) is 0 Å². The average molecular weight is 248 g/mol. The van der Waals surface area contributed by atoms with E-state index >= 15 is 0 Å². The molecule has 96 valence electrons. The van der Waals surface area contributed by atoms with Gasteiger partial charge in [-0.1, -0.05) is 62.4 Å². The molecule has 0 spiro atoms. The Hall–Kier alpha value is -1.56. The summed E-state index contributed by atoms with van der Waals surface area (Å²) in [6.45, 7) is 4.90. The summed E-state index contributed by atoms with van der Waals surface area (Å²) in [7, 11) is 0. The summed E-state index contributed by atoms with van der Waals surface area (Å²) < 4.78 is 0. The van der Waals surface area contributed by atoms with Gasteiger partial charge in [0.15, 0.2) is 0 Å². The van der Waals surface area contributed by atoms with E-state index in [9.17, 15) is 0 Å². The Bertz CT molecular complexity index is 670. The molecular weight excluding hydrogens is 228 g/mol. The molecule has 3 aliphatic carbocycles. The Balaban J connectivity index is 1.90. The van der Waals surface area contributed by atoms with E-state index in [0.29, 0.717) is 5.41 Å². The molecule has 0 N–H and O–H groups in total. The third kappa shape index (κ3) is 1.46. The Kier molecular flexibility index (Phi) is 2.21. The van der Waals surface area contributed by atoms with E-state index < -0.39 is 0 Å². The summed E-state index contributed by atoms with van der Waals surface area (Å²) in [6, 6.07) is 15.5. The van der Waals surface area contributed by atoms with E-state index in [2.05, 4.69) is 62.4 Å². The summed E-state index contributed by atoms with van der Waals surface area (Å²) in [5.41, 5.74) is 3.57. The van der Waals surface area contributed by atoms with Gasteiger partial charge in [0.2, 0.25) is 0 Å². The first-order valence-corrected chi connectivity index (χ1v) is 7.36. The number of hydrogen-bond acceptors (Lipinski definition) is 0. The molecule has 0 saturated heterocycles. The molecule has 2 bridgehead atoms. The van der Waals surface area contributed by atoms with Gasteiger partial charge in [0.25, 0.3) is 0 Å². The molecular formula is C19H20. The fraction of sp³-hybridized carbons (Fsp3) is 0.368. The van der Waals surface area contributed by atoms with Gasteiger partial charge >= 0.3 is 0 Å². The Labute approximate surface area is 115 Å². The molecule has 0 radical (unpaired) electrons. The zero-order chi connectivity index (χ0) is 13.0. The summed E-state index contributed by atoms with van der Waals surface area (Å²) in [4.78, 5) is 0. The smallest absolute Gasteiger partial charge is 0.0102 e. The van der Waals surface area contributed by atoms with Gasteiger partial charge in [-0.3, -0.25) is 0 Å². The predicted octanol–water partition coefficient (Wildman–Crippen LogP) is 5.29. The van der Waals surface area contributed by atoms with Crippen molar-refractivity contribution in [2.45, 2.75) is 26.7 Å². The third-order valence-corrected chi connectivity index (χ3v) is 5.57. The summed E-state index contributed by atoms with van der Waals surface area (Å²) >= 11 is 0. The first-order valence-electron chi connectivity index (χ1n) is 7.36. The summed E-state index contributed by atoms with van der Waals surface area (Å²) in [5.74, 6) is 1.67. The molecule has 1 fully saturated rings. The highest BCUT2D eigenvalue weighted by atomic mass is 14.6.